The summed E-state index contributed by atoms with van der Waals surface area (Å²) in [6.07, 6.45) is 2.81. The van der Waals surface area contributed by atoms with Gasteiger partial charge in [0, 0.05) is 25.2 Å². The molecule has 0 bridgehead atoms. The molecule has 1 heterocycles. The van der Waals surface area contributed by atoms with Crippen LogP contribution in [0.2, 0.25) is 0 Å². The normalized spacial score (nSPS) is 15.2. The van der Waals surface area contributed by atoms with E-state index in [9.17, 15) is 13.2 Å². The molecule has 1 fully saturated rings. The monoisotopic (exact) mass is 416 g/mol. The molecule has 1 aliphatic heterocycles. The van der Waals surface area contributed by atoms with Crippen molar-refractivity contribution in [1.82, 2.24) is 9.62 Å². The van der Waals surface area contributed by atoms with E-state index in [0.717, 1.165) is 30.4 Å². The standard InChI is InChI=1S/C22H28N2O4S/c1-18-10-11-20(29(26,27)24-13-6-3-7-14-24)16-21(18)22(25)23-12-15-28-17-19-8-4-2-5-9-19/h2,4-5,8-11,16H,3,6-7,12-15,17H2,1H3,(H,23,25). The number of rotatable bonds is 8. The summed E-state index contributed by atoms with van der Waals surface area (Å²) in [4.78, 5) is 12.8. The molecule has 0 unspecified atom stereocenters. The fourth-order valence-electron chi connectivity index (χ4n) is 3.36. The van der Waals surface area contributed by atoms with E-state index in [1.165, 1.54) is 10.4 Å². The van der Waals surface area contributed by atoms with Crippen molar-refractivity contribution in [3.8, 4) is 0 Å². The summed E-state index contributed by atoms with van der Waals surface area (Å²) < 4.78 is 32.9. The lowest BCUT2D eigenvalue weighted by molar-refractivity contribution is 0.0900. The zero-order valence-corrected chi connectivity index (χ0v) is 17.6. The summed E-state index contributed by atoms with van der Waals surface area (Å²) in [5.74, 6) is -0.290. The summed E-state index contributed by atoms with van der Waals surface area (Å²) >= 11 is 0. The molecule has 1 aliphatic rings. The fraction of sp³-hybridized carbons (Fsp3) is 0.409. The molecule has 0 saturated carbocycles. The van der Waals surface area contributed by atoms with Crippen molar-refractivity contribution in [2.45, 2.75) is 37.7 Å². The lowest BCUT2D eigenvalue weighted by atomic mass is 10.1. The average molecular weight is 417 g/mol. The molecule has 2 aromatic carbocycles. The van der Waals surface area contributed by atoms with Crippen molar-refractivity contribution in [3.63, 3.8) is 0 Å². The molecule has 3 rings (SSSR count). The number of sulfonamides is 1. The van der Waals surface area contributed by atoms with Crippen molar-refractivity contribution in [3.05, 3.63) is 65.2 Å². The van der Waals surface area contributed by atoms with Gasteiger partial charge in [0.1, 0.15) is 0 Å². The Morgan fingerprint density at radius 1 is 1.07 bits per heavy atom. The second kappa shape index (κ2) is 10.0. The lowest BCUT2D eigenvalue weighted by Gasteiger charge is -2.26. The second-order valence-electron chi connectivity index (χ2n) is 7.24. The molecular formula is C22H28N2O4S. The predicted molar refractivity (Wildman–Crippen MR) is 112 cm³/mol. The number of benzene rings is 2. The summed E-state index contributed by atoms with van der Waals surface area (Å²) in [6.45, 7) is 4.10. The first-order chi connectivity index (χ1) is 14.0. The zero-order chi connectivity index (χ0) is 20.7. The minimum atomic E-state index is -3.57. The van der Waals surface area contributed by atoms with Crippen molar-refractivity contribution < 1.29 is 17.9 Å². The van der Waals surface area contributed by atoms with Crippen LogP contribution in [0.3, 0.4) is 0 Å². The first-order valence-corrected chi connectivity index (χ1v) is 11.4. The number of amides is 1. The molecule has 29 heavy (non-hydrogen) atoms. The van der Waals surface area contributed by atoms with Gasteiger partial charge in [0.2, 0.25) is 10.0 Å². The lowest BCUT2D eigenvalue weighted by Crippen LogP contribution is -2.36. The molecule has 1 amide bonds. The number of ether oxygens (including phenoxy) is 1. The number of hydrogen-bond acceptors (Lipinski definition) is 4. The molecule has 0 radical (unpaired) electrons. The Labute approximate surface area is 172 Å². The van der Waals surface area contributed by atoms with Crippen molar-refractivity contribution in [1.29, 1.82) is 0 Å². The van der Waals surface area contributed by atoms with Gasteiger partial charge in [-0.15, -0.1) is 0 Å². The zero-order valence-electron chi connectivity index (χ0n) is 16.8. The summed E-state index contributed by atoms with van der Waals surface area (Å²) in [7, 11) is -3.57. The molecule has 2 aromatic rings. The summed E-state index contributed by atoms with van der Waals surface area (Å²) in [5.41, 5.74) is 2.20. The number of aryl methyl sites for hydroxylation is 1. The number of carbonyl (C=O) groups excluding carboxylic acids is 1. The van der Waals surface area contributed by atoms with Gasteiger partial charge in [-0.1, -0.05) is 42.8 Å². The Hall–Kier alpha value is -2.22. The van der Waals surface area contributed by atoms with E-state index in [1.807, 2.05) is 30.3 Å². The molecule has 1 N–H and O–H groups in total. The van der Waals surface area contributed by atoms with E-state index in [0.29, 0.717) is 38.4 Å². The van der Waals surface area contributed by atoms with Gasteiger partial charge in [-0.3, -0.25) is 4.79 Å². The smallest absolute Gasteiger partial charge is 0.251 e. The third kappa shape index (κ3) is 5.65. The van der Waals surface area contributed by atoms with Gasteiger partial charge in [0.05, 0.1) is 18.1 Å². The van der Waals surface area contributed by atoms with Crippen LogP contribution in [0.1, 0.15) is 40.7 Å². The van der Waals surface area contributed by atoms with Gasteiger partial charge in [-0.25, -0.2) is 8.42 Å². The van der Waals surface area contributed by atoms with Gasteiger partial charge >= 0.3 is 0 Å². The first-order valence-electron chi connectivity index (χ1n) is 9.99. The minimum Gasteiger partial charge on any atom is -0.375 e. The Balaban J connectivity index is 1.58. The molecule has 156 valence electrons. The largest absolute Gasteiger partial charge is 0.375 e. The molecule has 0 spiro atoms. The molecule has 0 aromatic heterocycles. The molecule has 6 nitrogen and oxygen atoms in total. The highest BCUT2D eigenvalue weighted by Crippen LogP contribution is 2.22. The van der Waals surface area contributed by atoms with E-state index in [4.69, 9.17) is 4.74 Å². The molecule has 0 aliphatic carbocycles. The fourth-order valence-corrected chi connectivity index (χ4v) is 4.90. The average Bonchev–Trinajstić information content (AvgIpc) is 2.75. The number of carbonyl (C=O) groups is 1. The second-order valence-corrected chi connectivity index (χ2v) is 9.17. The number of hydrogen-bond donors (Lipinski definition) is 1. The number of nitrogens with zero attached hydrogens (tertiary/aromatic N) is 1. The van der Waals surface area contributed by atoms with E-state index in [1.54, 1.807) is 19.1 Å². The molecule has 0 atom stereocenters. The van der Waals surface area contributed by atoms with Gasteiger partial charge < -0.3 is 10.1 Å². The van der Waals surface area contributed by atoms with E-state index >= 15 is 0 Å². The van der Waals surface area contributed by atoms with Crippen LogP contribution in [-0.4, -0.2) is 44.9 Å². The van der Waals surface area contributed by atoms with Crippen LogP contribution >= 0.6 is 0 Å². The molecule has 1 saturated heterocycles. The minimum absolute atomic E-state index is 0.176. The van der Waals surface area contributed by atoms with Gasteiger partial charge in [0.25, 0.3) is 5.91 Å². The van der Waals surface area contributed by atoms with Crippen molar-refractivity contribution in [2.75, 3.05) is 26.2 Å². The quantitative estimate of drug-likeness (QED) is 0.671. The van der Waals surface area contributed by atoms with Gasteiger partial charge in [-0.05, 0) is 43.0 Å². The molecule has 7 heteroatoms. The number of piperidine rings is 1. The van der Waals surface area contributed by atoms with Gasteiger partial charge in [-0.2, -0.15) is 4.31 Å². The first kappa shape index (κ1) is 21.5. The SMILES string of the molecule is Cc1ccc(S(=O)(=O)N2CCCCC2)cc1C(=O)NCCOCc1ccccc1. The van der Waals surface area contributed by atoms with Crippen molar-refractivity contribution >= 4 is 15.9 Å². The van der Waals surface area contributed by atoms with Gasteiger partial charge in [0.15, 0.2) is 0 Å². The predicted octanol–water partition coefficient (Wildman–Crippen LogP) is 3.12. The third-order valence-electron chi connectivity index (χ3n) is 5.05. The molecular weight excluding hydrogens is 388 g/mol. The maximum absolute atomic E-state index is 12.9. The summed E-state index contributed by atoms with van der Waals surface area (Å²) in [6, 6.07) is 14.6. The van der Waals surface area contributed by atoms with Crippen LogP contribution in [-0.2, 0) is 21.4 Å². The highest BCUT2D eigenvalue weighted by atomic mass is 32.2. The van der Waals surface area contributed by atoms with E-state index in [-0.39, 0.29) is 10.8 Å². The Morgan fingerprint density at radius 2 is 1.79 bits per heavy atom. The van der Waals surface area contributed by atoms with E-state index < -0.39 is 10.0 Å². The van der Waals surface area contributed by atoms with Crippen LogP contribution in [0.4, 0.5) is 0 Å². The van der Waals surface area contributed by atoms with Crippen LogP contribution in [0.15, 0.2) is 53.4 Å². The topological polar surface area (TPSA) is 75.7 Å². The van der Waals surface area contributed by atoms with Crippen LogP contribution in [0, 0.1) is 6.92 Å². The van der Waals surface area contributed by atoms with Crippen LogP contribution in [0.5, 0.6) is 0 Å². The Kier molecular flexibility index (Phi) is 7.41. The maximum Gasteiger partial charge on any atom is 0.251 e. The third-order valence-corrected chi connectivity index (χ3v) is 6.94. The number of nitrogens with one attached hydrogen (secondary N) is 1. The maximum atomic E-state index is 12.9. The summed E-state index contributed by atoms with van der Waals surface area (Å²) in [5, 5.41) is 2.81. The van der Waals surface area contributed by atoms with Crippen LogP contribution < -0.4 is 5.32 Å². The van der Waals surface area contributed by atoms with Crippen LogP contribution in [0.25, 0.3) is 0 Å². The highest BCUT2D eigenvalue weighted by Gasteiger charge is 2.27. The Bertz CT molecular complexity index is 923. The van der Waals surface area contributed by atoms with E-state index in [2.05, 4.69) is 5.32 Å². The Morgan fingerprint density at radius 3 is 2.52 bits per heavy atom. The highest BCUT2D eigenvalue weighted by molar-refractivity contribution is 7.89. The van der Waals surface area contributed by atoms with Crippen molar-refractivity contribution in [2.24, 2.45) is 0 Å².